The molecule has 1 heterocycles. The fourth-order valence-electron chi connectivity index (χ4n) is 4.97. The van der Waals surface area contributed by atoms with E-state index in [1.54, 1.807) is 12.1 Å². The highest BCUT2D eigenvalue weighted by Crippen LogP contribution is 2.49. The number of carbonyl (C=O) groups is 5. The lowest BCUT2D eigenvalue weighted by atomic mass is 10.1. The Morgan fingerprint density at radius 1 is 0.911 bits per heavy atom. The smallest absolute Gasteiger partial charge is 0.464 e. The lowest BCUT2D eigenvalue weighted by Crippen LogP contribution is -2.75. The van der Waals surface area contributed by atoms with Gasteiger partial charge in [0.1, 0.15) is 17.9 Å². The summed E-state index contributed by atoms with van der Waals surface area (Å²) in [7, 11) is 4.11. The number of likely N-dealkylation sites (N-methyl/N-ethyl adjacent to an activating group) is 1. The Balaban J connectivity index is 2.18. The Hall–Kier alpha value is -5.15. The first kappa shape index (κ1) is 32.8. The van der Waals surface area contributed by atoms with Crippen LogP contribution in [0.2, 0.25) is 5.02 Å². The largest absolute Gasteiger partial charge is 0.558 e. The fourth-order valence-corrected chi connectivity index (χ4v) is 5.24. The summed E-state index contributed by atoms with van der Waals surface area (Å²) in [5, 5.41) is 11.9. The van der Waals surface area contributed by atoms with Crippen molar-refractivity contribution in [1.29, 1.82) is 0 Å². The van der Waals surface area contributed by atoms with Crippen LogP contribution in [0.25, 0.3) is 0 Å². The van der Waals surface area contributed by atoms with Gasteiger partial charge in [-0.25, -0.2) is 18.9 Å². The number of rotatable bonds is 7. The SMILES string of the molecule is CC(=O)Oc1ccc(N(C(=O)O)C2=C(N)[N+](c3ccc(F)cc3)(c3ccccc3Cl)C(=O)[N+](C)(N(C)C)C2=O)cc1OC(C)=O. The minimum Gasteiger partial charge on any atom is -0.464 e. The molecule has 0 bridgehead atoms. The molecule has 0 saturated heterocycles. The van der Waals surface area contributed by atoms with Gasteiger partial charge in [-0.3, -0.25) is 9.59 Å². The van der Waals surface area contributed by atoms with Crippen LogP contribution >= 0.6 is 11.6 Å². The average molecular weight is 642 g/mol. The van der Waals surface area contributed by atoms with Gasteiger partial charge >= 0.3 is 30.0 Å². The lowest BCUT2D eigenvalue weighted by molar-refractivity contribution is -0.874. The molecule has 0 aromatic heterocycles. The van der Waals surface area contributed by atoms with Crippen LogP contribution in [0.3, 0.4) is 0 Å². The van der Waals surface area contributed by atoms with Crippen molar-refractivity contribution in [1.82, 2.24) is 9.49 Å². The molecule has 0 saturated carbocycles. The van der Waals surface area contributed by atoms with Crippen LogP contribution in [0.1, 0.15) is 13.8 Å². The molecule has 0 fully saturated rings. The van der Waals surface area contributed by atoms with Gasteiger partial charge in [0.05, 0.1) is 5.69 Å². The first-order valence-corrected chi connectivity index (χ1v) is 13.5. The van der Waals surface area contributed by atoms with Crippen LogP contribution in [-0.2, 0) is 14.4 Å². The Morgan fingerprint density at radius 2 is 1.49 bits per heavy atom. The summed E-state index contributed by atoms with van der Waals surface area (Å²) in [5.41, 5.74) is 5.94. The molecule has 13 nitrogen and oxygen atoms in total. The summed E-state index contributed by atoms with van der Waals surface area (Å²) < 4.78 is 22.2. The molecule has 2 unspecified atom stereocenters. The number of carbonyl (C=O) groups excluding carboxylic acids is 4. The quantitative estimate of drug-likeness (QED) is 0.207. The normalized spacial score (nSPS) is 19.8. The summed E-state index contributed by atoms with van der Waals surface area (Å²) >= 11 is 6.66. The Kier molecular flexibility index (Phi) is 8.80. The molecule has 2 atom stereocenters. The molecule has 234 valence electrons. The number of halogens is 2. The van der Waals surface area contributed by atoms with E-state index in [9.17, 15) is 33.5 Å². The van der Waals surface area contributed by atoms with Crippen molar-refractivity contribution in [2.75, 3.05) is 26.0 Å². The number of imide groups is 1. The molecule has 0 spiro atoms. The number of ether oxygens (including phenoxy) is 2. The van der Waals surface area contributed by atoms with E-state index in [1.807, 2.05) is 0 Å². The van der Waals surface area contributed by atoms with Crippen molar-refractivity contribution in [2.24, 2.45) is 5.73 Å². The van der Waals surface area contributed by atoms with Gasteiger partial charge < -0.3 is 20.3 Å². The molecule has 15 heteroatoms. The molecule has 4 rings (SSSR count). The second-order valence-corrected chi connectivity index (χ2v) is 10.6. The highest BCUT2D eigenvalue weighted by atomic mass is 35.5. The molecule has 4 amide bonds. The maximum Gasteiger partial charge on any atom is 0.558 e. The average Bonchev–Trinajstić information content (AvgIpc) is 2.96. The van der Waals surface area contributed by atoms with Crippen LogP contribution in [0.4, 0.5) is 31.0 Å². The number of hydrogen-bond donors (Lipinski definition) is 2. The van der Waals surface area contributed by atoms with E-state index >= 15 is 0 Å². The van der Waals surface area contributed by atoms with Gasteiger partial charge in [0.25, 0.3) is 5.82 Å². The molecule has 0 aliphatic carbocycles. The van der Waals surface area contributed by atoms with E-state index in [0.29, 0.717) is 4.90 Å². The molecule has 45 heavy (non-hydrogen) atoms. The number of para-hydroxylation sites is 1. The molecule has 3 aromatic carbocycles. The topological polar surface area (TPSA) is 157 Å². The molecule has 1 aliphatic heterocycles. The van der Waals surface area contributed by atoms with Crippen molar-refractivity contribution in [3.8, 4) is 11.5 Å². The predicted molar refractivity (Wildman–Crippen MR) is 160 cm³/mol. The third kappa shape index (κ3) is 5.40. The van der Waals surface area contributed by atoms with Gasteiger partial charge in [0, 0.05) is 52.2 Å². The second-order valence-electron chi connectivity index (χ2n) is 10.2. The van der Waals surface area contributed by atoms with Gasteiger partial charge in [-0.2, -0.15) is 4.79 Å². The zero-order valence-corrected chi connectivity index (χ0v) is 25.5. The maximum absolute atomic E-state index is 14.8. The van der Waals surface area contributed by atoms with Crippen LogP contribution in [-0.4, -0.2) is 65.8 Å². The van der Waals surface area contributed by atoms with Gasteiger partial charge in [0.2, 0.25) is 5.70 Å². The van der Waals surface area contributed by atoms with Crippen LogP contribution in [0.15, 0.2) is 78.2 Å². The number of hydrogen-bond acceptors (Lipinski definition) is 9. The van der Waals surface area contributed by atoms with Crippen LogP contribution in [0, 0.1) is 5.82 Å². The summed E-state index contributed by atoms with van der Waals surface area (Å²) in [5.74, 6) is -4.38. The highest BCUT2D eigenvalue weighted by molar-refractivity contribution is 6.34. The van der Waals surface area contributed by atoms with Crippen molar-refractivity contribution >= 4 is 58.6 Å². The van der Waals surface area contributed by atoms with E-state index in [0.717, 1.165) is 38.1 Å². The van der Waals surface area contributed by atoms with Crippen molar-refractivity contribution in [3.63, 3.8) is 0 Å². The number of quaternary nitrogens is 2. The summed E-state index contributed by atoms with van der Waals surface area (Å²) in [6, 6.07) is 13.3. The number of urea groups is 1. The van der Waals surface area contributed by atoms with E-state index in [1.165, 1.54) is 56.5 Å². The minimum absolute atomic E-state index is 0.0295. The number of carboxylic acid groups (broad SMARTS) is 1. The molecular weight excluding hydrogens is 613 g/mol. The summed E-state index contributed by atoms with van der Waals surface area (Å²) in [6.45, 7) is 2.19. The van der Waals surface area contributed by atoms with Gasteiger partial charge in [-0.15, -0.1) is 5.01 Å². The van der Waals surface area contributed by atoms with Crippen LogP contribution in [0.5, 0.6) is 11.5 Å². The monoisotopic (exact) mass is 641 g/mol. The second kappa shape index (κ2) is 12.1. The maximum atomic E-state index is 14.8. The molecule has 0 radical (unpaired) electrons. The van der Waals surface area contributed by atoms with E-state index < -0.39 is 56.4 Å². The zero-order chi connectivity index (χ0) is 33.4. The first-order valence-electron chi connectivity index (χ1n) is 13.2. The predicted octanol–water partition coefficient (Wildman–Crippen LogP) is 4.86. The summed E-state index contributed by atoms with van der Waals surface area (Å²) in [4.78, 5) is 66.3. The third-order valence-electron chi connectivity index (χ3n) is 7.20. The number of amides is 4. The molecular formula is C30H29ClFN5O8+2. The van der Waals surface area contributed by atoms with Gasteiger partial charge in [0.15, 0.2) is 22.9 Å². The van der Waals surface area contributed by atoms with Crippen molar-refractivity contribution < 1.29 is 47.5 Å². The lowest BCUT2D eigenvalue weighted by Gasteiger charge is -2.45. The zero-order valence-electron chi connectivity index (χ0n) is 24.8. The Morgan fingerprint density at radius 3 is 2.02 bits per heavy atom. The van der Waals surface area contributed by atoms with E-state index in [4.69, 9.17) is 26.8 Å². The number of benzene rings is 3. The van der Waals surface area contributed by atoms with E-state index in [2.05, 4.69) is 0 Å². The van der Waals surface area contributed by atoms with Gasteiger partial charge in [-0.05, 0) is 30.3 Å². The Labute approximate surface area is 261 Å². The molecule has 3 N–H and O–H groups in total. The molecule has 1 aliphatic rings. The highest BCUT2D eigenvalue weighted by Gasteiger charge is 2.69. The number of nitrogens with two attached hydrogens (primary N) is 1. The summed E-state index contributed by atoms with van der Waals surface area (Å²) in [6.07, 6.45) is -1.72. The first-order chi connectivity index (χ1) is 21.1. The van der Waals surface area contributed by atoms with Crippen molar-refractivity contribution in [2.45, 2.75) is 13.8 Å². The molecule has 3 aromatic rings. The minimum atomic E-state index is -1.72. The van der Waals surface area contributed by atoms with Gasteiger partial charge in [-0.1, -0.05) is 32.8 Å². The number of esters is 2. The van der Waals surface area contributed by atoms with Crippen molar-refractivity contribution in [3.05, 3.63) is 89.1 Å². The Bertz CT molecular complexity index is 1780. The number of nitrogens with zero attached hydrogens (tertiary/aromatic N) is 4. The fraction of sp³-hybridized carbons (Fsp3) is 0.167. The third-order valence-corrected chi connectivity index (χ3v) is 7.52. The van der Waals surface area contributed by atoms with E-state index in [-0.39, 0.29) is 33.6 Å². The van der Waals surface area contributed by atoms with Crippen LogP contribution < -0.4 is 24.6 Å². The number of anilines is 1. The standard InChI is InChI=1S/C30H27ClFN5O8/c1-17(38)44-24-15-12-20(16-25(24)45-18(2)39)35(29(41)42)26-27(33)37(21-13-10-19(32)11-14-21,23-9-7-6-8-22(23)31)30(43)36(5,28(26)40)34(3)4/h6-16H,1-5H3,(H-2,33,40,41,42)/p+2.